The van der Waals surface area contributed by atoms with Crippen LogP contribution in [0.4, 0.5) is 22.9 Å². The second-order valence-corrected chi connectivity index (χ2v) is 11.7. The average molecular weight is 595 g/mol. The molecule has 9 aromatic rings. The molecule has 10 rings (SSSR count). The van der Waals surface area contributed by atoms with E-state index in [2.05, 4.69) is 147 Å². The molecule has 6 nitrogen and oxygen atoms in total. The molecule has 46 heavy (non-hydrogen) atoms. The van der Waals surface area contributed by atoms with E-state index in [1.807, 2.05) is 6.07 Å². The minimum Gasteiger partial charge on any atom is -0.440 e. The van der Waals surface area contributed by atoms with Crippen LogP contribution in [-0.4, -0.2) is 16.1 Å². The van der Waals surface area contributed by atoms with Crippen LogP contribution in [-0.2, 0) is 0 Å². The molecule has 0 unspecified atom stereocenters. The minimum atomic E-state index is 0.637. The number of aromatic nitrogens is 2. The highest BCUT2D eigenvalue weighted by molar-refractivity contribution is 6.09. The summed E-state index contributed by atoms with van der Waals surface area (Å²) in [7, 11) is 0. The maximum absolute atomic E-state index is 6.32. The molecule has 218 valence electrons. The van der Waals surface area contributed by atoms with Gasteiger partial charge in [0, 0.05) is 80.1 Å². The molecule has 1 aliphatic heterocycles. The second kappa shape index (κ2) is 9.61. The summed E-state index contributed by atoms with van der Waals surface area (Å²) in [6.07, 6.45) is 6.02. The number of nitrogens with one attached hydrogen (secondary N) is 1. The fraction of sp³-hybridized carbons (Fsp3) is 0.0250. The van der Waals surface area contributed by atoms with Crippen molar-refractivity contribution in [2.75, 3.05) is 16.8 Å². The topological polar surface area (TPSA) is 59.4 Å². The van der Waals surface area contributed by atoms with Crippen molar-refractivity contribution in [3.05, 3.63) is 139 Å². The Labute approximate surface area is 263 Å². The Balaban J connectivity index is 1.20. The van der Waals surface area contributed by atoms with Crippen LogP contribution >= 0.6 is 0 Å². The lowest BCUT2D eigenvalue weighted by atomic mass is 10.1. The van der Waals surface area contributed by atoms with E-state index in [4.69, 9.17) is 8.83 Å². The predicted octanol–water partition coefficient (Wildman–Crippen LogP) is 10.7. The molecular weight excluding hydrogens is 568 g/mol. The van der Waals surface area contributed by atoms with Gasteiger partial charge in [-0.15, -0.1) is 0 Å². The smallest absolute Gasteiger partial charge is 0.227 e. The fourth-order valence-electron chi connectivity index (χ4n) is 7.03. The van der Waals surface area contributed by atoms with Crippen LogP contribution in [0.1, 0.15) is 5.56 Å². The number of anilines is 4. The number of para-hydroxylation sites is 2. The highest BCUT2D eigenvalue weighted by atomic mass is 16.4. The van der Waals surface area contributed by atoms with E-state index < -0.39 is 0 Å². The first-order valence-electron chi connectivity index (χ1n) is 15.4. The molecule has 1 N–H and O–H groups in total. The molecule has 4 aromatic heterocycles. The van der Waals surface area contributed by atoms with Crippen LogP contribution in [0.15, 0.2) is 142 Å². The largest absolute Gasteiger partial charge is 0.440 e. The summed E-state index contributed by atoms with van der Waals surface area (Å²) in [5.41, 5.74) is 9.74. The van der Waals surface area contributed by atoms with Crippen LogP contribution in [0.2, 0.25) is 0 Å². The van der Waals surface area contributed by atoms with Gasteiger partial charge in [0.05, 0.1) is 11.0 Å². The zero-order valence-corrected chi connectivity index (χ0v) is 24.6. The van der Waals surface area contributed by atoms with E-state index >= 15 is 0 Å². The summed E-state index contributed by atoms with van der Waals surface area (Å²) in [6.45, 7) is 0.758. The molecule has 0 fully saturated rings. The molecule has 0 amide bonds. The lowest BCUT2D eigenvalue weighted by molar-refractivity contribution is 0.628. The van der Waals surface area contributed by atoms with Crippen molar-refractivity contribution in [3.63, 3.8) is 0 Å². The molecular formula is C40H26N4O2. The van der Waals surface area contributed by atoms with Gasteiger partial charge in [-0.1, -0.05) is 54.6 Å². The Morgan fingerprint density at radius 3 is 2.11 bits per heavy atom. The predicted molar refractivity (Wildman–Crippen MR) is 188 cm³/mol. The molecule has 6 heteroatoms. The summed E-state index contributed by atoms with van der Waals surface area (Å²) >= 11 is 0. The van der Waals surface area contributed by atoms with E-state index in [-0.39, 0.29) is 0 Å². The van der Waals surface area contributed by atoms with Gasteiger partial charge in [0.15, 0.2) is 0 Å². The van der Waals surface area contributed by atoms with Crippen molar-refractivity contribution in [1.29, 1.82) is 0 Å². The van der Waals surface area contributed by atoms with Crippen LogP contribution in [0, 0.1) is 0 Å². The van der Waals surface area contributed by atoms with Gasteiger partial charge in [-0.2, -0.15) is 0 Å². The first-order chi connectivity index (χ1) is 22.8. The fourth-order valence-corrected chi connectivity index (χ4v) is 7.03. The van der Waals surface area contributed by atoms with Crippen molar-refractivity contribution in [3.8, 4) is 5.69 Å². The molecule has 5 aromatic carbocycles. The van der Waals surface area contributed by atoms with Crippen LogP contribution < -0.4 is 10.2 Å². The molecule has 0 spiro atoms. The number of hydrogen-bond acceptors (Lipinski definition) is 5. The van der Waals surface area contributed by atoms with Gasteiger partial charge in [-0.05, 0) is 66.7 Å². The van der Waals surface area contributed by atoms with E-state index in [1.165, 1.54) is 21.8 Å². The van der Waals surface area contributed by atoms with Crippen molar-refractivity contribution in [2.45, 2.75) is 0 Å². The molecule has 0 saturated carbocycles. The third-order valence-corrected chi connectivity index (χ3v) is 9.05. The maximum Gasteiger partial charge on any atom is 0.227 e. The molecule has 0 saturated heterocycles. The molecule has 5 heterocycles. The Morgan fingerprint density at radius 1 is 0.609 bits per heavy atom. The van der Waals surface area contributed by atoms with Crippen molar-refractivity contribution in [1.82, 2.24) is 9.55 Å². The molecule has 0 atom stereocenters. The van der Waals surface area contributed by atoms with Crippen LogP contribution in [0.25, 0.3) is 66.6 Å². The first-order valence-corrected chi connectivity index (χ1v) is 15.4. The summed E-state index contributed by atoms with van der Waals surface area (Å²) in [5.74, 6) is 0.811. The number of nitrogens with zero attached hydrogens (tertiary/aromatic N) is 3. The van der Waals surface area contributed by atoms with Gasteiger partial charge in [-0.3, -0.25) is 0 Å². The number of furan rings is 2. The zero-order chi connectivity index (χ0) is 30.2. The van der Waals surface area contributed by atoms with Gasteiger partial charge in [0.1, 0.15) is 11.2 Å². The molecule has 1 aliphatic rings. The van der Waals surface area contributed by atoms with Crippen molar-refractivity contribution < 1.29 is 8.83 Å². The van der Waals surface area contributed by atoms with Crippen LogP contribution in [0.3, 0.4) is 0 Å². The highest BCUT2D eigenvalue weighted by Crippen LogP contribution is 2.42. The Kier molecular flexibility index (Phi) is 5.25. The number of fused-ring (bicyclic) bond motifs is 9. The number of pyridine rings is 1. The maximum atomic E-state index is 6.32. The van der Waals surface area contributed by atoms with E-state index in [0.29, 0.717) is 5.71 Å². The Morgan fingerprint density at radius 2 is 1.30 bits per heavy atom. The third-order valence-electron chi connectivity index (χ3n) is 9.05. The van der Waals surface area contributed by atoms with Crippen LogP contribution in [0.5, 0.6) is 0 Å². The molecule has 0 radical (unpaired) electrons. The lowest BCUT2D eigenvalue weighted by Gasteiger charge is -2.26. The first kappa shape index (κ1) is 25.1. The Bertz CT molecular complexity index is 2620. The Hall–Kier alpha value is -6.27. The zero-order valence-electron chi connectivity index (χ0n) is 24.6. The highest BCUT2D eigenvalue weighted by Gasteiger charge is 2.20. The monoisotopic (exact) mass is 594 g/mol. The lowest BCUT2D eigenvalue weighted by Crippen LogP contribution is -2.10. The standard InChI is InChI=1S/C40H26N4O2/c1-3-14-35-29(10-1)30-11-2-4-15-36(30)44(35)26-9-5-8-25(22-26)43(27-16-18-31-33-12-6-20-41-39(33)45-37(31)23-27)28-17-19-32-34-13-7-21-42-40(34)46-38(32)24-28/h1-20,22-24,42H,21H2. The SMILES string of the molecule is C1=Cc2c(oc3cc(N(c4cccc(-n5c6ccccc6c6ccccc65)c4)c4ccc5c(c4)oc4ncccc45)ccc23)NC1. The number of benzene rings is 5. The van der Waals surface area contributed by atoms with Crippen molar-refractivity contribution >= 4 is 83.9 Å². The van der Waals surface area contributed by atoms with Gasteiger partial charge < -0.3 is 23.6 Å². The number of rotatable bonds is 4. The van der Waals surface area contributed by atoms with Gasteiger partial charge in [0.2, 0.25) is 11.6 Å². The minimum absolute atomic E-state index is 0.637. The summed E-state index contributed by atoms with van der Waals surface area (Å²) in [4.78, 5) is 6.72. The van der Waals surface area contributed by atoms with E-state index in [0.717, 1.165) is 68.1 Å². The van der Waals surface area contributed by atoms with Gasteiger partial charge >= 0.3 is 0 Å². The third kappa shape index (κ3) is 3.67. The quantitative estimate of drug-likeness (QED) is 0.220. The van der Waals surface area contributed by atoms with E-state index in [9.17, 15) is 0 Å². The van der Waals surface area contributed by atoms with Gasteiger partial charge in [0.25, 0.3) is 0 Å². The number of hydrogen-bond donors (Lipinski definition) is 1. The van der Waals surface area contributed by atoms with Gasteiger partial charge in [-0.25, -0.2) is 4.98 Å². The van der Waals surface area contributed by atoms with E-state index in [1.54, 1.807) is 6.20 Å². The summed E-state index contributed by atoms with van der Waals surface area (Å²) < 4.78 is 14.9. The summed E-state index contributed by atoms with van der Waals surface area (Å²) in [6, 6.07) is 42.7. The van der Waals surface area contributed by atoms with Crippen molar-refractivity contribution in [2.24, 2.45) is 0 Å². The molecule has 0 aliphatic carbocycles. The normalized spacial score (nSPS) is 12.8. The molecule has 0 bridgehead atoms. The average Bonchev–Trinajstić information content (AvgIpc) is 3.77. The summed E-state index contributed by atoms with van der Waals surface area (Å²) in [5, 5.41) is 8.96. The second-order valence-electron chi connectivity index (χ2n) is 11.7.